The fourth-order valence-corrected chi connectivity index (χ4v) is 4.42. The Morgan fingerprint density at radius 2 is 1.92 bits per heavy atom. The average molecular weight is 526 g/mol. The van der Waals surface area contributed by atoms with Gasteiger partial charge in [-0.05, 0) is 70.1 Å². The number of nitrogens with one attached hydrogen (secondary N) is 3. The largest absolute Gasteiger partial charge is 0.492 e. The molecule has 3 amide bonds. The normalized spacial score (nSPS) is 14.3. The fraction of sp³-hybridized carbons (Fsp3) is 0.370. The Bertz CT molecular complexity index is 1280. The number of halogens is 1. The number of amides is 3. The van der Waals surface area contributed by atoms with Crippen LogP contribution in [0.3, 0.4) is 0 Å². The van der Waals surface area contributed by atoms with Crippen molar-refractivity contribution in [2.24, 2.45) is 5.92 Å². The number of piperidine rings is 1. The van der Waals surface area contributed by atoms with Gasteiger partial charge in [-0.25, -0.2) is 4.79 Å². The van der Waals surface area contributed by atoms with Crippen molar-refractivity contribution in [1.29, 1.82) is 0 Å². The first kappa shape index (κ1) is 26.5. The van der Waals surface area contributed by atoms with E-state index in [1.807, 2.05) is 6.92 Å². The van der Waals surface area contributed by atoms with E-state index in [9.17, 15) is 9.59 Å². The highest BCUT2D eigenvalue weighted by molar-refractivity contribution is 6.33. The molecule has 3 aromatic rings. The highest BCUT2D eigenvalue weighted by atomic mass is 35.5. The van der Waals surface area contributed by atoms with Crippen LogP contribution in [0.2, 0.25) is 5.02 Å². The van der Waals surface area contributed by atoms with Crippen LogP contribution in [0.25, 0.3) is 10.9 Å². The molecule has 0 saturated carbocycles. The smallest absolute Gasteiger partial charge is 0.319 e. The van der Waals surface area contributed by atoms with Crippen molar-refractivity contribution in [3.8, 4) is 17.2 Å². The lowest BCUT2D eigenvalue weighted by molar-refractivity contribution is 0.0949. The van der Waals surface area contributed by atoms with E-state index in [-0.39, 0.29) is 11.9 Å². The molecular formula is C27H32ClN5O4. The molecule has 196 valence electrons. The van der Waals surface area contributed by atoms with E-state index in [0.717, 1.165) is 25.9 Å². The maximum Gasteiger partial charge on any atom is 0.319 e. The lowest BCUT2D eigenvalue weighted by Gasteiger charge is -2.29. The number of rotatable bonds is 8. The summed E-state index contributed by atoms with van der Waals surface area (Å²) in [5, 5.41) is 8.99. The third-order valence-corrected chi connectivity index (χ3v) is 6.65. The second-order valence-corrected chi connectivity index (χ2v) is 9.45. The molecule has 1 aromatic heterocycles. The number of hydrogen-bond donors (Lipinski definition) is 3. The van der Waals surface area contributed by atoms with Crippen molar-refractivity contribution in [3.63, 3.8) is 0 Å². The summed E-state index contributed by atoms with van der Waals surface area (Å²) in [4.78, 5) is 31.4. The van der Waals surface area contributed by atoms with Crippen LogP contribution >= 0.6 is 11.6 Å². The summed E-state index contributed by atoms with van der Waals surface area (Å²) in [6.07, 6.45) is 3.78. The van der Waals surface area contributed by atoms with Gasteiger partial charge in [0.1, 0.15) is 17.2 Å². The van der Waals surface area contributed by atoms with Gasteiger partial charge in [-0.15, -0.1) is 0 Å². The van der Waals surface area contributed by atoms with Gasteiger partial charge < -0.3 is 30.3 Å². The summed E-state index contributed by atoms with van der Waals surface area (Å²) in [6.45, 7) is 5.02. The van der Waals surface area contributed by atoms with Crippen molar-refractivity contribution < 1.29 is 19.1 Å². The van der Waals surface area contributed by atoms with Gasteiger partial charge in [-0.2, -0.15) is 0 Å². The molecule has 0 aliphatic carbocycles. The Balaban J connectivity index is 1.61. The van der Waals surface area contributed by atoms with Crippen LogP contribution in [0.5, 0.6) is 17.2 Å². The second-order valence-electron chi connectivity index (χ2n) is 9.04. The SMILES string of the molecule is CCNC(=O)c1cc2c(Oc3ccc(NC(=O)NC)c(Cl)c3)ccnc2cc1OCC1CCN(C)CC1. The van der Waals surface area contributed by atoms with Gasteiger partial charge in [0.15, 0.2) is 0 Å². The second kappa shape index (κ2) is 12.1. The standard InChI is InChI=1S/C27H32ClN5O4/c1-4-30-26(34)20-14-19-23(15-25(20)36-16-17-8-11-33(3)12-9-17)31-10-7-24(19)37-18-5-6-22(21(28)13-18)32-27(35)29-2/h5-7,10,13-15,17H,4,8-9,11-12,16H2,1-3H3,(H,30,34)(H2,29,32,35). The number of urea groups is 1. The third-order valence-electron chi connectivity index (χ3n) is 6.34. The molecule has 0 bridgehead atoms. The maximum absolute atomic E-state index is 13.0. The minimum absolute atomic E-state index is 0.217. The predicted octanol–water partition coefficient (Wildman–Crippen LogP) is 4.90. The number of likely N-dealkylation sites (tertiary alicyclic amines) is 1. The van der Waals surface area contributed by atoms with Crippen LogP contribution in [0.1, 0.15) is 30.1 Å². The molecule has 0 spiro atoms. The van der Waals surface area contributed by atoms with E-state index < -0.39 is 0 Å². The number of hydrogen-bond acceptors (Lipinski definition) is 6. The molecule has 0 atom stereocenters. The zero-order chi connectivity index (χ0) is 26.4. The number of carbonyl (C=O) groups excluding carboxylic acids is 2. The topological polar surface area (TPSA) is 105 Å². The molecule has 9 nitrogen and oxygen atoms in total. The molecule has 0 radical (unpaired) electrons. The molecule has 2 heterocycles. The molecule has 2 aromatic carbocycles. The zero-order valence-electron chi connectivity index (χ0n) is 21.3. The van der Waals surface area contributed by atoms with E-state index in [1.165, 1.54) is 7.05 Å². The first-order valence-electron chi connectivity index (χ1n) is 12.4. The number of aromatic nitrogens is 1. The van der Waals surface area contributed by atoms with Gasteiger partial charge in [0.25, 0.3) is 5.91 Å². The van der Waals surface area contributed by atoms with Crippen molar-refractivity contribution >= 4 is 40.1 Å². The van der Waals surface area contributed by atoms with Crippen LogP contribution in [0, 0.1) is 5.92 Å². The summed E-state index contributed by atoms with van der Waals surface area (Å²) in [6, 6.07) is 9.89. The zero-order valence-corrected chi connectivity index (χ0v) is 22.0. The lowest BCUT2D eigenvalue weighted by atomic mass is 9.98. The average Bonchev–Trinajstić information content (AvgIpc) is 2.89. The predicted molar refractivity (Wildman–Crippen MR) is 145 cm³/mol. The first-order valence-corrected chi connectivity index (χ1v) is 12.7. The lowest BCUT2D eigenvalue weighted by Crippen LogP contribution is -2.32. The maximum atomic E-state index is 13.0. The molecular weight excluding hydrogens is 494 g/mol. The molecule has 4 rings (SSSR count). The van der Waals surface area contributed by atoms with Gasteiger partial charge in [0, 0.05) is 37.3 Å². The number of pyridine rings is 1. The van der Waals surface area contributed by atoms with Gasteiger partial charge in [-0.1, -0.05) is 11.6 Å². The van der Waals surface area contributed by atoms with Crippen LogP contribution in [0.15, 0.2) is 42.6 Å². The summed E-state index contributed by atoms with van der Waals surface area (Å²) < 4.78 is 12.3. The van der Waals surface area contributed by atoms with Gasteiger partial charge in [0.05, 0.1) is 28.4 Å². The fourth-order valence-electron chi connectivity index (χ4n) is 4.20. The van der Waals surface area contributed by atoms with E-state index in [0.29, 0.717) is 63.5 Å². The monoisotopic (exact) mass is 525 g/mol. The van der Waals surface area contributed by atoms with Gasteiger partial charge in [0.2, 0.25) is 0 Å². The Labute approximate surface area is 221 Å². The molecule has 1 fully saturated rings. The van der Waals surface area contributed by atoms with Gasteiger partial charge in [-0.3, -0.25) is 9.78 Å². The van der Waals surface area contributed by atoms with E-state index >= 15 is 0 Å². The quantitative estimate of drug-likeness (QED) is 0.386. The molecule has 10 heteroatoms. The Morgan fingerprint density at radius 1 is 1.14 bits per heavy atom. The van der Waals surface area contributed by atoms with Crippen LogP contribution in [-0.4, -0.2) is 62.2 Å². The number of carbonyl (C=O) groups is 2. The van der Waals surface area contributed by atoms with E-state index in [2.05, 4.69) is 32.9 Å². The Kier molecular flexibility index (Phi) is 8.68. The van der Waals surface area contributed by atoms with Gasteiger partial charge >= 0.3 is 6.03 Å². The van der Waals surface area contributed by atoms with Crippen molar-refractivity contribution in [1.82, 2.24) is 20.5 Å². The Morgan fingerprint density at radius 3 is 2.62 bits per heavy atom. The Hall–Kier alpha value is -3.56. The third kappa shape index (κ3) is 6.61. The number of fused-ring (bicyclic) bond motifs is 1. The number of benzene rings is 2. The number of nitrogens with zero attached hydrogens (tertiary/aromatic N) is 2. The summed E-state index contributed by atoms with van der Waals surface area (Å²) in [5.74, 6) is 1.73. The highest BCUT2D eigenvalue weighted by Crippen LogP contribution is 2.35. The number of ether oxygens (including phenoxy) is 2. The van der Waals surface area contributed by atoms with Crippen LogP contribution < -0.4 is 25.4 Å². The summed E-state index contributed by atoms with van der Waals surface area (Å²) in [7, 11) is 3.65. The molecule has 0 unspecified atom stereocenters. The van der Waals surface area contributed by atoms with Crippen LogP contribution in [-0.2, 0) is 0 Å². The number of anilines is 1. The van der Waals surface area contributed by atoms with Crippen molar-refractivity contribution in [3.05, 3.63) is 53.2 Å². The minimum atomic E-state index is -0.373. The first-order chi connectivity index (χ1) is 17.9. The molecule has 1 saturated heterocycles. The van der Waals surface area contributed by atoms with Crippen molar-refractivity contribution in [2.75, 3.05) is 45.7 Å². The van der Waals surface area contributed by atoms with Crippen molar-refractivity contribution in [2.45, 2.75) is 19.8 Å². The summed E-state index contributed by atoms with van der Waals surface area (Å²) >= 11 is 6.34. The highest BCUT2D eigenvalue weighted by Gasteiger charge is 2.21. The summed E-state index contributed by atoms with van der Waals surface area (Å²) in [5.41, 5.74) is 1.54. The molecule has 3 N–H and O–H groups in total. The van der Waals surface area contributed by atoms with E-state index in [1.54, 1.807) is 42.6 Å². The molecule has 37 heavy (non-hydrogen) atoms. The van der Waals surface area contributed by atoms with Crippen LogP contribution in [0.4, 0.5) is 10.5 Å². The molecule has 1 aliphatic heterocycles. The minimum Gasteiger partial charge on any atom is -0.492 e. The van der Waals surface area contributed by atoms with E-state index in [4.69, 9.17) is 21.1 Å². The molecule has 1 aliphatic rings.